The molecule has 0 radical (unpaired) electrons. The van der Waals surface area contributed by atoms with E-state index in [1.54, 1.807) is 12.3 Å². The van der Waals surface area contributed by atoms with Gasteiger partial charge < -0.3 is 15.0 Å². The first-order valence-corrected chi connectivity index (χ1v) is 11.7. The van der Waals surface area contributed by atoms with Gasteiger partial charge in [-0.1, -0.05) is 22.9 Å². The second-order valence-corrected chi connectivity index (χ2v) is 10.5. The van der Waals surface area contributed by atoms with E-state index in [0.717, 1.165) is 37.5 Å². The van der Waals surface area contributed by atoms with Crippen molar-refractivity contribution >= 4 is 39.8 Å². The second-order valence-electron chi connectivity index (χ2n) is 9.05. The number of benzene rings is 1. The quantitative estimate of drug-likeness (QED) is 0.634. The first-order chi connectivity index (χ1) is 14.9. The number of nitrogens with zero attached hydrogens (tertiary/aromatic N) is 2. The lowest BCUT2D eigenvalue weighted by molar-refractivity contribution is -0.162. The third-order valence-electron chi connectivity index (χ3n) is 6.48. The predicted molar refractivity (Wildman–Crippen MR) is 117 cm³/mol. The summed E-state index contributed by atoms with van der Waals surface area (Å²) in [4.78, 5) is 32.3. The molecule has 0 unspecified atom stereocenters. The lowest BCUT2D eigenvalue weighted by Gasteiger charge is -2.70. The molecule has 164 valence electrons. The first-order valence-electron chi connectivity index (χ1n) is 10.5. The Morgan fingerprint density at radius 1 is 1.26 bits per heavy atom. The van der Waals surface area contributed by atoms with E-state index >= 15 is 0 Å². The number of anilines is 1. The third kappa shape index (κ3) is 4.03. The molecule has 6 rings (SSSR count). The van der Waals surface area contributed by atoms with Crippen LogP contribution in [0.15, 0.2) is 24.4 Å². The highest BCUT2D eigenvalue weighted by Gasteiger charge is 2.68. The lowest BCUT2D eigenvalue weighted by Crippen LogP contribution is -2.75. The third-order valence-corrected chi connectivity index (χ3v) is 7.84. The molecule has 0 atom stereocenters. The number of ether oxygens (including phenoxy) is 1. The maximum absolute atomic E-state index is 13.5. The molecule has 2 heterocycles. The summed E-state index contributed by atoms with van der Waals surface area (Å²) in [6.07, 6.45) is 6.86. The predicted octanol–water partition coefficient (Wildman–Crippen LogP) is 4.23. The zero-order valence-corrected chi connectivity index (χ0v) is 18.5. The van der Waals surface area contributed by atoms with Gasteiger partial charge >= 0.3 is 0 Å². The standard InChI is InChI=1S/C22H23ClFN3O3S/c23-16-4-3-15(7-17(16)24)30-10-14(28)8-21-11-22(12-21,13-21)26-19(29)18-9-25-20(31-18)27-5-1-2-6-27/h3-4,7,9H,1-2,5-6,8,10-13H2,(H,26,29). The van der Waals surface area contributed by atoms with Crippen molar-refractivity contribution in [3.63, 3.8) is 0 Å². The van der Waals surface area contributed by atoms with Crippen LogP contribution >= 0.6 is 22.9 Å². The van der Waals surface area contributed by atoms with Gasteiger partial charge in [0.1, 0.15) is 23.1 Å². The Morgan fingerprint density at radius 2 is 2.00 bits per heavy atom. The van der Waals surface area contributed by atoms with Crippen LogP contribution in [0.5, 0.6) is 5.75 Å². The molecule has 2 aromatic rings. The first kappa shape index (κ1) is 20.7. The minimum absolute atomic E-state index is 0.0190. The molecule has 1 aromatic carbocycles. The van der Waals surface area contributed by atoms with Crippen molar-refractivity contribution in [2.24, 2.45) is 5.41 Å². The fourth-order valence-electron chi connectivity index (χ4n) is 5.24. The van der Waals surface area contributed by atoms with Crippen molar-refractivity contribution < 1.29 is 18.7 Å². The summed E-state index contributed by atoms with van der Waals surface area (Å²) in [6.45, 7) is 1.92. The fraction of sp³-hybridized carbons (Fsp3) is 0.500. The van der Waals surface area contributed by atoms with Gasteiger partial charge in [-0.05, 0) is 49.7 Å². The summed E-state index contributed by atoms with van der Waals surface area (Å²) in [6, 6.07) is 4.12. The average Bonchev–Trinajstić information content (AvgIpc) is 3.37. The Labute approximate surface area is 188 Å². The molecule has 31 heavy (non-hydrogen) atoms. The molecule has 4 aliphatic rings. The number of carbonyl (C=O) groups is 2. The lowest BCUT2D eigenvalue weighted by atomic mass is 9.38. The molecule has 3 aliphatic carbocycles. The summed E-state index contributed by atoms with van der Waals surface area (Å²) >= 11 is 7.09. The highest BCUT2D eigenvalue weighted by molar-refractivity contribution is 7.17. The van der Waals surface area contributed by atoms with Gasteiger partial charge in [-0.2, -0.15) is 0 Å². The summed E-state index contributed by atoms with van der Waals surface area (Å²) < 4.78 is 18.9. The molecule has 4 fully saturated rings. The number of ketones is 1. The van der Waals surface area contributed by atoms with Crippen molar-refractivity contribution in [3.8, 4) is 5.75 Å². The van der Waals surface area contributed by atoms with Gasteiger partial charge in [-0.25, -0.2) is 9.37 Å². The smallest absolute Gasteiger partial charge is 0.263 e. The van der Waals surface area contributed by atoms with Crippen LogP contribution in [0.4, 0.5) is 9.52 Å². The van der Waals surface area contributed by atoms with E-state index in [-0.39, 0.29) is 40.0 Å². The van der Waals surface area contributed by atoms with Crippen LogP contribution in [-0.4, -0.2) is 41.9 Å². The zero-order valence-electron chi connectivity index (χ0n) is 17.0. The number of carbonyl (C=O) groups excluding carboxylic acids is 2. The Kier molecular flexibility index (Phi) is 5.17. The highest BCUT2D eigenvalue weighted by Crippen LogP contribution is 2.69. The summed E-state index contributed by atoms with van der Waals surface area (Å²) in [5.74, 6) is -0.380. The van der Waals surface area contributed by atoms with E-state index in [2.05, 4.69) is 15.2 Å². The molecular weight excluding hydrogens is 441 g/mol. The van der Waals surface area contributed by atoms with E-state index in [9.17, 15) is 14.0 Å². The molecule has 9 heteroatoms. The van der Waals surface area contributed by atoms with E-state index in [1.165, 1.54) is 36.3 Å². The number of halogens is 2. The largest absolute Gasteiger partial charge is 0.486 e. The molecule has 1 N–H and O–H groups in total. The van der Waals surface area contributed by atoms with E-state index < -0.39 is 5.82 Å². The Morgan fingerprint density at radius 3 is 2.71 bits per heavy atom. The second kappa shape index (κ2) is 7.74. The minimum Gasteiger partial charge on any atom is -0.486 e. The monoisotopic (exact) mass is 463 g/mol. The van der Waals surface area contributed by atoms with Gasteiger partial charge in [0.15, 0.2) is 10.9 Å². The van der Waals surface area contributed by atoms with Gasteiger partial charge in [-0.3, -0.25) is 9.59 Å². The van der Waals surface area contributed by atoms with Crippen LogP contribution in [0.2, 0.25) is 5.02 Å². The number of aromatic nitrogens is 1. The molecule has 1 aliphatic heterocycles. The highest BCUT2D eigenvalue weighted by atomic mass is 35.5. The summed E-state index contributed by atoms with van der Waals surface area (Å²) in [7, 11) is 0. The minimum atomic E-state index is -0.572. The van der Waals surface area contributed by atoms with Crippen LogP contribution in [-0.2, 0) is 4.79 Å². The zero-order chi connectivity index (χ0) is 21.6. The van der Waals surface area contributed by atoms with Gasteiger partial charge in [0.05, 0.1) is 11.2 Å². The molecule has 1 amide bonds. The normalized spacial score (nSPS) is 26.2. The maximum Gasteiger partial charge on any atom is 0.263 e. The van der Waals surface area contributed by atoms with Crippen LogP contribution in [0.1, 0.15) is 48.2 Å². The van der Waals surface area contributed by atoms with Crippen molar-refractivity contribution in [2.75, 3.05) is 24.6 Å². The van der Waals surface area contributed by atoms with Gasteiger partial charge in [0, 0.05) is 31.1 Å². The number of rotatable bonds is 8. The van der Waals surface area contributed by atoms with Gasteiger partial charge in [-0.15, -0.1) is 0 Å². The Balaban J connectivity index is 1.08. The molecule has 3 saturated carbocycles. The molecule has 1 aromatic heterocycles. The van der Waals surface area contributed by atoms with Crippen LogP contribution in [0, 0.1) is 11.2 Å². The molecule has 6 nitrogen and oxygen atoms in total. The fourth-order valence-corrected chi connectivity index (χ4v) is 6.23. The van der Waals surface area contributed by atoms with Gasteiger partial charge in [0.2, 0.25) is 0 Å². The molecule has 1 saturated heterocycles. The Bertz CT molecular complexity index is 1020. The number of hydrogen-bond donors (Lipinski definition) is 1. The number of nitrogens with one attached hydrogen (secondary N) is 1. The van der Waals surface area contributed by atoms with Crippen LogP contribution in [0.25, 0.3) is 0 Å². The molecule has 0 spiro atoms. The molecule has 2 bridgehead atoms. The van der Waals surface area contributed by atoms with Crippen molar-refractivity contribution in [1.29, 1.82) is 0 Å². The summed E-state index contributed by atoms with van der Waals surface area (Å²) in [5.41, 5.74) is -0.220. The van der Waals surface area contributed by atoms with E-state index in [1.807, 2.05) is 0 Å². The molecular formula is C22H23ClFN3O3S. The Hall–Kier alpha value is -2.19. The van der Waals surface area contributed by atoms with E-state index in [4.69, 9.17) is 16.3 Å². The number of amides is 1. The number of Topliss-reactive ketones (excluding diaryl/α,β-unsaturated/α-hetero) is 1. The van der Waals surface area contributed by atoms with Crippen molar-refractivity contribution in [1.82, 2.24) is 10.3 Å². The van der Waals surface area contributed by atoms with Gasteiger partial charge in [0.25, 0.3) is 5.91 Å². The maximum atomic E-state index is 13.5. The SMILES string of the molecule is O=C(COc1ccc(Cl)c(F)c1)CC12CC(NC(=O)c3cnc(N4CCCC4)s3)(C1)C2. The summed E-state index contributed by atoms with van der Waals surface area (Å²) in [5, 5.41) is 4.10. The average molecular weight is 464 g/mol. The number of thiazole rings is 1. The van der Waals surface area contributed by atoms with Crippen LogP contribution in [0.3, 0.4) is 0 Å². The number of hydrogen-bond acceptors (Lipinski definition) is 6. The van der Waals surface area contributed by atoms with Crippen LogP contribution < -0.4 is 15.0 Å². The van der Waals surface area contributed by atoms with Crippen molar-refractivity contribution in [2.45, 2.75) is 44.1 Å². The van der Waals surface area contributed by atoms with E-state index in [0.29, 0.717) is 11.3 Å². The van der Waals surface area contributed by atoms with Crippen molar-refractivity contribution in [3.05, 3.63) is 40.1 Å². The topological polar surface area (TPSA) is 71.5 Å².